The maximum atomic E-state index is 12.0. The molecule has 0 aliphatic rings. The fourth-order valence-electron chi connectivity index (χ4n) is 1.39. The molecule has 8 nitrogen and oxygen atoms in total. The van der Waals surface area contributed by atoms with Crippen LogP contribution in [0.2, 0.25) is 0 Å². The number of carbonyl (C=O) groups is 1. The number of aromatic nitrogens is 3. The van der Waals surface area contributed by atoms with Crippen LogP contribution in [0.1, 0.15) is 16.8 Å². The van der Waals surface area contributed by atoms with E-state index in [0.29, 0.717) is 6.42 Å². The van der Waals surface area contributed by atoms with E-state index in [1.807, 2.05) is 6.92 Å². The van der Waals surface area contributed by atoms with Crippen LogP contribution in [0.4, 0.5) is 5.13 Å². The van der Waals surface area contributed by atoms with Crippen molar-refractivity contribution in [3.63, 3.8) is 0 Å². The van der Waals surface area contributed by atoms with Gasteiger partial charge < -0.3 is 5.32 Å². The first-order valence-corrected chi connectivity index (χ1v) is 9.00. The molecule has 2 aromatic rings. The van der Waals surface area contributed by atoms with E-state index in [9.17, 15) is 13.2 Å². The Kier molecular flexibility index (Phi) is 4.98. The maximum absolute atomic E-state index is 12.0. The van der Waals surface area contributed by atoms with Crippen LogP contribution in [0.25, 0.3) is 0 Å². The number of nitrogens with zero attached hydrogens (tertiary/aromatic N) is 3. The van der Waals surface area contributed by atoms with Crippen LogP contribution in [0, 0.1) is 6.92 Å². The van der Waals surface area contributed by atoms with E-state index in [4.69, 9.17) is 0 Å². The molecule has 0 spiro atoms. The van der Waals surface area contributed by atoms with Crippen LogP contribution in [0.3, 0.4) is 0 Å². The quantitative estimate of drug-likeness (QED) is 0.747. The number of amides is 1. The average molecular weight is 347 g/mol. The molecule has 0 fully saturated rings. The lowest BCUT2D eigenvalue weighted by molar-refractivity contribution is -0.114. The van der Waals surface area contributed by atoms with Gasteiger partial charge in [-0.3, -0.25) is 4.79 Å². The minimum atomic E-state index is -3.72. The lowest BCUT2D eigenvalue weighted by Crippen LogP contribution is -2.25. The smallest absolute Gasteiger partial charge is 0.269 e. The predicted molar refractivity (Wildman–Crippen MR) is 80.0 cm³/mol. The summed E-state index contributed by atoms with van der Waals surface area (Å²) >= 11 is 2.33. The number of sulfonamides is 1. The van der Waals surface area contributed by atoms with Gasteiger partial charge in [0.2, 0.25) is 15.4 Å². The molecule has 0 aromatic carbocycles. The molecular formula is C10H13N5O3S3. The molecule has 0 unspecified atom stereocenters. The number of carbonyl (C=O) groups excluding carboxylic acids is 1. The largest absolute Gasteiger partial charge is 0.301 e. The van der Waals surface area contributed by atoms with Crippen LogP contribution in [-0.2, 0) is 21.2 Å². The first kappa shape index (κ1) is 15.9. The van der Waals surface area contributed by atoms with Crippen molar-refractivity contribution in [2.75, 3.05) is 11.9 Å². The molecule has 0 bridgehead atoms. The number of thiazole rings is 1. The molecule has 2 heterocycles. The Balaban J connectivity index is 1.94. The number of hydrogen-bond acceptors (Lipinski definition) is 8. The zero-order valence-corrected chi connectivity index (χ0v) is 13.7. The first-order valence-electron chi connectivity index (χ1n) is 5.89. The van der Waals surface area contributed by atoms with E-state index in [1.54, 1.807) is 6.20 Å². The second-order valence-corrected chi connectivity index (χ2v) is 8.30. The summed E-state index contributed by atoms with van der Waals surface area (Å²) in [6, 6.07) is 0. The van der Waals surface area contributed by atoms with Gasteiger partial charge in [-0.2, -0.15) is 0 Å². The zero-order chi connectivity index (χ0) is 15.5. The number of aryl methyl sites for hydroxylation is 1. The third kappa shape index (κ3) is 4.52. The van der Waals surface area contributed by atoms with Crippen molar-refractivity contribution in [3.05, 3.63) is 16.1 Å². The lowest BCUT2D eigenvalue weighted by atomic mass is 10.5. The van der Waals surface area contributed by atoms with E-state index >= 15 is 0 Å². The van der Waals surface area contributed by atoms with Gasteiger partial charge in [-0.1, -0.05) is 11.3 Å². The second-order valence-electron chi connectivity index (χ2n) is 4.07. The Bertz CT molecular complexity index is 737. The van der Waals surface area contributed by atoms with Crippen molar-refractivity contribution in [3.8, 4) is 0 Å². The molecule has 0 aliphatic carbocycles. The van der Waals surface area contributed by atoms with Crippen molar-refractivity contribution in [1.29, 1.82) is 0 Å². The zero-order valence-electron chi connectivity index (χ0n) is 11.3. The highest BCUT2D eigenvalue weighted by Gasteiger charge is 2.20. The predicted octanol–water partition coefficient (Wildman–Crippen LogP) is 0.782. The van der Waals surface area contributed by atoms with Crippen LogP contribution >= 0.6 is 22.7 Å². The molecule has 0 saturated heterocycles. The van der Waals surface area contributed by atoms with Gasteiger partial charge in [0.15, 0.2) is 0 Å². The standard InChI is InChI=1S/C10H13N5O3S3/c1-6-5-11-8(19-6)3-4-12-21(17,18)10-15-14-9(20-10)13-7(2)16/h5,12H,3-4H2,1-2H3,(H,13,14,16). The van der Waals surface area contributed by atoms with E-state index in [1.165, 1.54) is 18.3 Å². The Morgan fingerprint density at radius 1 is 1.33 bits per heavy atom. The average Bonchev–Trinajstić information content (AvgIpc) is 2.98. The summed E-state index contributed by atoms with van der Waals surface area (Å²) in [5, 5.41) is 10.6. The van der Waals surface area contributed by atoms with Gasteiger partial charge >= 0.3 is 0 Å². The van der Waals surface area contributed by atoms with Gasteiger partial charge in [0.05, 0.1) is 5.01 Å². The maximum Gasteiger partial charge on any atom is 0.269 e. The molecule has 0 saturated carbocycles. The molecule has 114 valence electrons. The monoisotopic (exact) mass is 347 g/mol. The second kappa shape index (κ2) is 6.56. The highest BCUT2D eigenvalue weighted by Crippen LogP contribution is 2.19. The minimum Gasteiger partial charge on any atom is -0.301 e. The normalized spacial score (nSPS) is 11.5. The Hall–Kier alpha value is -1.43. The van der Waals surface area contributed by atoms with Crippen LogP contribution in [-0.4, -0.2) is 36.1 Å². The van der Waals surface area contributed by atoms with E-state index in [2.05, 4.69) is 25.2 Å². The number of hydrogen-bond donors (Lipinski definition) is 2. The van der Waals surface area contributed by atoms with E-state index in [-0.39, 0.29) is 21.9 Å². The highest BCUT2D eigenvalue weighted by molar-refractivity contribution is 7.91. The Morgan fingerprint density at radius 3 is 2.71 bits per heavy atom. The van der Waals surface area contributed by atoms with Crippen molar-refractivity contribution in [2.45, 2.75) is 24.6 Å². The molecular weight excluding hydrogens is 334 g/mol. The molecule has 2 N–H and O–H groups in total. The van der Waals surface area contributed by atoms with Crippen molar-refractivity contribution >= 4 is 43.7 Å². The molecule has 0 aliphatic heterocycles. The highest BCUT2D eigenvalue weighted by atomic mass is 32.2. The summed E-state index contributed by atoms with van der Waals surface area (Å²) in [4.78, 5) is 16.1. The molecule has 1 amide bonds. The van der Waals surface area contributed by atoms with Gasteiger partial charge in [0.25, 0.3) is 10.0 Å². The fraction of sp³-hybridized carbons (Fsp3) is 0.400. The summed E-state index contributed by atoms with van der Waals surface area (Å²) < 4.78 is 26.2. The van der Waals surface area contributed by atoms with Gasteiger partial charge in [-0.25, -0.2) is 18.1 Å². The van der Waals surface area contributed by atoms with Gasteiger partial charge in [0.1, 0.15) is 0 Å². The van der Waals surface area contributed by atoms with Gasteiger partial charge in [-0.15, -0.1) is 21.5 Å². The third-order valence-corrected chi connectivity index (χ3v) is 5.86. The topological polar surface area (TPSA) is 114 Å². The third-order valence-electron chi connectivity index (χ3n) is 2.22. The summed E-state index contributed by atoms with van der Waals surface area (Å²) in [6.07, 6.45) is 2.26. The van der Waals surface area contributed by atoms with E-state index in [0.717, 1.165) is 21.2 Å². The summed E-state index contributed by atoms with van der Waals surface area (Å²) in [6.45, 7) is 3.48. The minimum absolute atomic E-state index is 0.151. The number of nitrogens with one attached hydrogen (secondary N) is 2. The van der Waals surface area contributed by atoms with Crippen molar-refractivity contribution in [2.24, 2.45) is 0 Å². The number of rotatable bonds is 6. The molecule has 2 aromatic heterocycles. The molecule has 0 radical (unpaired) electrons. The molecule has 21 heavy (non-hydrogen) atoms. The van der Waals surface area contributed by atoms with E-state index < -0.39 is 10.0 Å². The molecule has 0 atom stereocenters. The molecule has 2 rings (SSSR count). The Morgan fingerprint density at radius 2 is 2.10 bits per heavy atom. The van der Waals surface area contributed by atoms with Crippen molar-refractivity contribution in [1.82, 2.24) is 19.9 Å². The lowest BCUT2D eigenvalue weighted by Gasteiger charge is -2.01. The summed E-state index contributed by atoms with van der Waals surface area (Å²) in [7, 11) is -3.72. The van der Waals surface area contributed by atoms with Crippen molar-refractivity contribution < 1.29 is 13.2 Å². The van der Waals surface area contributed by atoms with Crippen LogP contribution in [0.5, 0.6) is 0 Å². The van der Waals surface area contributed by atoms with Gasteiger partial charge in [-0.05, 0) is 6.92 Å². The van der Waals surface area contributed by atoms with Gasteiger partial charge in [0, 0.05) is 31.0 Å². The summed E-state index contributed by atoms with van der Waals surface area (Å²) in [5.74, 6) is -0.331. The summed E-state index contributed by atoms with van der Waals surface area (Å²) in [5.41, 5.74) is 0. The first-order chi connectivity index (χ1) is 9.87. The molecule has 11 heteroatoms. The number of anilines is 1. The fourth-order valence-corrected chi connectivity index (χ4v) is 4.20. The van der Waals surface area contributed by atoms with Crippen LogP contribution in [0.15, 0.2) is 10.5 Å². The SMILES string of the molecule is CC(=O)Nc1nnc(S(=O)(=O)NCCc2ncc(C)s2)s1. The Labute approximate surface area is 129 Å². The van der Waals surface area contributed by atoms with Crippen LogP contribution < -0.4 is 10.0 Å².